The van der Waals surface area contributed by atoms with Gasteiger partial charge in [0.1, 0.15) is 16.4 Å². The number of methoxy groups -OCH3 is 2. The van der Waals surface area contributed by atoms with E-state index in [1.807, 2.05) is 0 Å². The van der Waals surface area contributed by atoms with E-state index in [1.165, 1.54) is 19.2 Å². The van der Waals surface area contributed by atoms with Gasteiger partial charge in [-0.15, -0.1) is 0 Å². The van der Waals surface area contributed by atoms with Crippen LogP contribution in [0.15, 0.2) is 46.2 Å². The van der Waals surface area contributed by atoms with E-state index in [0.29, 0.717) is 16.5 Å². The Hall–Kier alpha value is -3.10. The molecular weight excluding hydrogens is 544 g/mol. The zero-order valence-electron chi connectivity index (χ0n) is 21.0. The molecule has 2 unspecified atom stereocenters. The van der Waals surface area contributed by atoms with Crippen LogP contribution in [0, 0.1) is 0 Å². The lowest BCUT2D eigenvalue weighted by atomic mass is 10.1. The normalized spacial score (nSPS) is 15.9. The largest absolute Gasteiger partial charge is 0.495 e. The van der Waals surface area contributed by atoms with Gasteiger partial charge in [0.2, 0.25) is 9.84 Å². The van der Waals surface area contributed by atoms with Gasteiger partial charge in [-0.3, -0.25) is 0 Å². The first-order valence-electron chi connectivity index (χ1n) is 11.3. The number of carboxylic acid groups (broad SMARTS) is 2. The van der Waals surface area contributed by atoms with E-state index in [9.17, 15) is 18.0 Å². The van der Waals surface area contributed by atoms with Crippen LogP contribution in [0.4, 0.5) is 5.69 Å². The Morgan fingerprint density at radius 3 is 2.00 bits per heavy atom. The molecule has 210 valence electrons. The van der Waals surface area contributed by atoms with Crippen molar-refractivity contribution in [1.29, 1.82) is 0 Å². The topological polar surface area (TPSA) is 183 Å². The number of aliphatic hydroxyl groups is 2. The maximum atomic E-state index is 13.2. The molecule has 0 amide bonds. The molecule has 0 spiro atoms. The van der Waals surface area contributed by atoms with Crippen molar-refractivity contribution in [3.63, 3.8) is 0 Å². The highest BCUT2D eigenvalue weighted by atomic mass is 35.5. The van der Waals surface area contributed by atoms with Crippen LogP contribution in [0.5, 0.6) is 11.5 Å². The molecule has 2 aromatic carbocycles. The molecule has 3 rings (SSSR count). The summed E-state index contributed by atoms with van der Waals surface area (Å²) in [6.07, 6.45) is -2.56. The molecule has 2 atom stereocenters. The third-order valence-corrected chi connectivity index (χ3v) is 7.79. The number of likely N-dealkylation sites (tertiary alicyclic amines) is 1. The predicted molar refractivity (Wildman–Crippen MR) is 138 cm³/mol. The molecule has 5 N–H and O–H groups in total. The van der Waals surface area contributed by atoms with Crippen molar-refractivity contribution in [1.82, 2.24) is 4.90 Å². The van der Waals surface area contributed by atoms with Gasteiger partial charge in [0.05, 0.1) is 24.8 Å². The van der Waals surface area contributed by atoms with E-state index in [1.54, 1.807) is 31.4 Å². The first-order valence-corrected chi connectivity index (χ1v) is 13.2. The number of carboxylic acids is 2. The van der Waals surface area contributed by atoms with Crippen molar-refractivity contribution in [3.8, 4) is 11.5 Å². The summed E-state index contributed by atoms with van der Waals surface area (Å²) in [6.45, 7) is 2.00. The Labute approximate surface area is 225 Å². The smallest absolute Gasteiger partial charge is 0.335 e. The number of sulfone groups is 1. The average molecular weight is 575 g/mol. The predicted octanol–water partition coefficient (Wildman–Crippen LogP) is 1.57. The quantitative estimate of drug-likeness (QED) is 0.292. The lowest BCUT2D eigenvalue weighted by Gasteiger charge is -2.30. The number of piperidine rings is 1. The standard InChI is InChI=1S/C20H25ClN2O4S.C4H6O6/c1-23-10-8-15(9-11-23)22-17-13-16(5-7-18(17)26-2)28(24,25)20-12-14(21)4-6-19(20)27-3;5-1(3(7)8)2(6)4(9)10/h4-7,12-13,15,22H,8-11H2,1-3H3;1-2,5-6H,(H,7,8)(H,9,10). The molecule has 1 saturated heterocycles. The summed E-state index contributed by atoms with van der Waals surface area (Å²) >= 11 is 6.03. The Morgan fingerprint density at radius 2 is 1.50 bits per heavy atom. The molecule has 12 nitrogen and oxygen atoms in total. The number of nitrogens with zero attached hydrogens (tertiary/aromatic N) is 1. The van der Waals surface area contributed by atoms with Crippen LogP contribution in [-0.4, -0.2) is 98.3 Å². The summed E-state index contributed by atoms with van der Waals surface area (Å²) in [7, 11) is 1.29. The Morgan fingerprint density at radius 1 is 0.974 bits per heavy atom. The second kappa shape index (κ2) is 13.6. The first kappa shape index (κ1) is 31.1. The molecular formula is C24H31ClN2O10S. The zero-order valence-corrected chi connectivity index (χ0v) is 22.6. The highest BCUT2D eigenvalue weighted by molar-refractivity contribution is 7.91. The highest BCUT2D eigenvalue weighted by Gasteiger charge is 2.29. The summed E-state index contributed by atoms with van der Waals surface area (Å²) in [5, 5.41) is 36.3. The number of hydrogen-bond acceptors (Lipinski definition) is 10. The van der Waals surface area contributed by atoms with Crippen LogP contribution in [0.3, 0.4) is 0 Å². The fourth-order valence-electron chi connectivity index (χ4n) is 3.60. The third kappa shape index (κ3) is 7.95. The molecule has 0 aliphatic carbocycles. The first-order chi connectivity index (χ1) is 17.8. The van der Waals surface area contributed by atoms with E-state index < -0.39 is 34.0 Å². The number of halogens is 1. The van der Waals surface area contributed by atoms with Crippen LogP contribution in [0.2, 0.25) is 5.02 Å². The number of aliphatic hydroxyl groups excluding tert-OH is 2. The van der Waals surface area contributed by atoms with E-state index in [2.05, 4.69) is 17.3 Å². The number of anilines is 1. The van der Waals surface area contributed by atoms with E-state index in [-0.39, 0.29) is 21.6 Å². The van der Waals surface area contributed by atoms with Crippen LogP contribution in [0.1, 0.15) is 12.8 Å². The van der Waals surface area contributed by atoms with Crippen molar-refractivity contribution < 1.29 is 47.9 Å². The molecule has 0 saturated carbocycles. The van der Waals surface area contributed by atoms with Crippen molar-refractivity contribution in [2.75, 3.05) is 39.7 Å². The van der Waals surface area contributed by atoms with Gasteiger partial charge in [-0.05, 0) is 69.4 Å². The molecule has 2 aromatic rings. The second-order valence-electron chi connectivity index (χ2n) is 8.45. The van der Waals surface area contributed by atoms with Crippen LogP contribution in [-0.2, 0) is 19.4 Å². The molecule has 1 heterocycles. The third-order valence-electron chi connectivity index (χ3n) is 5.78. The number of aliphatic carboxylic acids is 2. The lowest BCUT2D eigenvalue weighted by Crippen LogP contribution is -2.39. The Balaban J connectivity index is 0.000000432. The molecule has 0 radical (unpaired) electrons. The number of hydrogen-bond donors (Lipinski definition) is 5. The summed E-state index contributed by atoms with van der Waals surface area (Å²) in [5.41, 5.74) is 0.666. The molecule has 1 aliphatic heterocycles. The molecule has 0 aromatic heterocycles. The lowest BCUT2D eigenvalue weighted by molar-refractivity contribution is -0.165. The average Bonchev–Trinajstić information content (AvgIpc) is 2.89. The van der Waals surface area contributed by atoms with Crippen LogP contribution >= 0.6 is 11.6 Å². The van der Waals surface area contributed by atoms with Crippen molar-refractivity contribution >= 4 is 39.1 Å². The van der Waals surface area contributed by atoms with Crippen molar-refractivity contribution in [2.24, 2.45) is 0 Å². The maximum absolute atomic E-state index is 13.2. The highest BCUT2D eigenvalue weighted by Crippen LogP contribution is 2.35. The fraction of sp³-hybridized carbons (Fsp3) is 0.417. The van der Waals surface area contributed by atoms with Gasteiger partial charge in [-0.25, -0.2) is 18.0 Å². The molecule has 1 aliphatic rings. The van der Waals surface area contributed by atoms with E-state index >= 15 is 0 Å². The van der Waals surface area contributed by atoms with Gasteiger partial charge in [0.15, 0.2) is 12.2 Å². The maximum Gasteiger partial charge on any atom is 0.335 e. The van der Waals surface area contributed by atoms with E-state index in [0.717, 1.165) is 25.9 Å². The minimum Gasteiger partial charge on any atom is -0.495 e. The van der Waals surface area contributed by atoms with Crippen LogP contribution in [0.25, 0.3) is 0 Å². The van der Waals surface area contributed by atoms with Gasteiger partial charge in [0.25, 0.3) is 0 Å². The number of rotatable bonds is 9. The summed E-state index contributed by atoms with van der Waals surface area (Å²) < 4.78 is 37.1. The number of nitrogens with one attached hydrogen (secondary N) is 1. The van der Waals surface area contributed by atoms with Gasteiger partial charge >= 0.3 is 11.9 Å². The zero-order chi connectivity index (χ0) is 28.6. The van der Waals surface area contributed by atoms with Crippen LogP contribution < -0.4 is 14.8 Å². The van der Waals surface area contributed by atoms with Crippen molar-refractivity contribution in [2.45, 2.75) is 40.9 Å². The van der Waals surface area contributed by atoms with Gasteiger partial charge in [-0.2, -0.15) is 0 Å². The SMILES string of the molecule is COc1ccc(S(=O)(=O)c2cc(Cl)ccc2OC)cc1NC1CCN(C)CC1.O=C(O)C(O)C(O)C(=O)O. The number of ether oxygens (including phenoxy) is 2. The van der Waals surface area contributed by atoms with Gasteiger partial charge in [0, 0.05) is 11.1 Å². The number of benzene rings is 2. The van der Waals surface area contributed by atoms with Gasteiger partial charge < -0.3 is 40.1 Å². The summed E-state index contributed by atoms with van der Waals surface area (Å²) in [6, 6.07) is 9.65. The molecule has 14 heteroatoms. The fourth-order valence-corrected chi connectivity index (χ4v) is 5.31. The Bertz CT molecular complexity index is 1210. The van der Waals surface area contributed by atoms with Crippen molar-refractivity contribution in [3.05, 3.63) is 41.4 Å². The Kier molecular flexibility index (Phi) is 11.2. The molecule has 0 bridgehead atoms. The van der Waals surface area contributed by atoms with E-state index in [4.69, 9.17) is 41.5 Å². The monoisotopic (exact) mass is 574 g/mol. The molecule has 1 fully saturated rings. The van der Waals surface area contributed by atoms with Gasteiger partial charge in [-0.1, -0.05) is 11.6 Å². The number of carbonyl (C=O) groups is 2. The molecule has 38 heavy (non-hydrogen) atoms. The second-order valence-corrected chi connectivity index (χ2v) is 10.8. The summed E-state index contributed by atoms with van der Waals surface area (Å²) in [5.74, 6) is -2.68. The minimum atomic E-state index is -3.81. The summed E-state index contributed by atoms with van der Waals surface area (Å²) in [4.78, 5) is 22.0. The minimum absolute atomic E-state index is 0.0397.